The van der Waals surface area contributed by atoms with Gasteiger partial charge in [0.15, 0.2) is 0 Å². The zero-order valence-electron chi connectivity index (χ0n) is 15.3. The molecule has 5 nitrogen and oxygen atoms in total. The molecule has 1 N–H and O–H groups in total. The number of hydrogen-bond acceptors (Lipinski definition) is 5. The molecule has 0 saturated carbocycles. The SMILES string of the molecule is CSc1nc2nccc(-c3cc4c(cc3C)[C@H](C)CC(C)(C)N4)n2n1. The lowest BCUT2D eigenvalue weighted by Gasteiger charge is -2.38. The lowest BCUT2D eigenvalue weighted by molar-refractivity contribution is 0.454. The number of anilines is 1. The minimum atomic E-state index is 0.103. The monoisotopic (exact) mass is 353 g/mol. The molecule has 0 unspecified atom stereocenters. The summed E-state index contributed by atoms with van der Waals surface area (Å²) in [6, 6.07) is 6.59. The highest BCUT2D eigenvalue weighted by atomic mass is 32.2. The topological polar surface area (TPSA) is 55.1 Å². The molecule has 1 atom stereocenters. The van der Waals surface area contributed by atoms with E-state index in [1.807, 2.05) is 23.0 Å². The molecule has 0 saturated heterocycles. The van der Waals surface area contributed by atoms with Crippen molar-refractivity contribution in [3.05, 3.63) is 35.5 Å². The number of fused-ring (bicyclic) bond motifs is 2. The molecule has 6 heteroatoms. The van der Waals surface area contributed by atoms with Crippen LogP contribution in [0.1, 0.15) is 44.2 Å². The van der Waals surface area contributed by atoms with Crippen LogP contribution in [-0.2, 0) is 0 Å². The zero-order chi connectivity index (χ0) is 17.8. The lowest BCUT2D eigenvalue weighted by Crippen LogP contribution is -2.36. The summed E-state index contributed by atoms with van der Waals surface area (Å²) < 4.78 is 1.85. The first kappa shape index (κ1) is 16.4. The van der Waals surface area contributed by atoms with Crippen LogP contribution in [0.3, 0.4) is 0 Å². The Kier molecular flexibility index (Phi) is 3.76. The zero-order valence-corrected chi connectivity index (χ0v) is 16.1. The lowest BCUT2D eigenvalue weighted by atomic mass is 9.80. The van der Waals surface area contributed by atoms with Crippen molar-refractivity contribution >= 4 is 23.2 Å². The van der Waals surface area contributed by atoms with E-state index >= 15 is 0 Å². The third-order valence-corrected chi connectivity index (χ3v) is 5.43. The Morgan fingerprint density at radius 3 is 2.88 bits per heavy atom. The van der Waals surface area contributed by atoms with E-state index in [-0.39, 0.29) is 5.54 Å². The molecule has 1 aliphatic heterocycles. The van der Waals surface area contributed by atoms with Crippen molar-refractivity contribution in [2.75, 3.05) is 11.6 Å². The molecule has 0 amide bonds. The van der Waals surface area contributed by atoms with Gasteiger partial charge in [0.1, 0.15) is 0 Å². The average Bonchev–Trinajstić information content (AvgIpc) is 2.97. The summed E-state index contributed by atoms with van der Waals surface area (Å²) in [4.78, 5) is 8.81. The van der Waals surface area contributed by atoms with Crippen LogP contribution in [0, 0.1) is 6.92 Å². The van der Waals surface area contributed by atoms with Gasteiger partial charge in [-0.3, -0.25) is 0 Å². The summed E-state index contributed by atoms with van der Waals surface area (Å²) in [6.07, 6.45) is 4.92. The van der Waals surface area contributed by atoms with Crippen molar-refractivity contribution < 1.29 is 0 Å². The van der Waals surface area contributed by atoms with Crippen LogP contribution in [0.4, 0.5) is 5.69 Å². The smallest absolute Gasteiger partial charge is 0.253 e. The largest absolute Gasteiger partial charge is 0.380 e. The fourth-order valence-corrected chi connectivity index (χ4v) is 4.22. The Balaban J connectivity index is 1.91. The molecule has 3 heterocycles. The number of aromatic nitrogens is 4. The predicted octanol–water partition coefficient (Wildman–Crippen LogP) is 4.52. The first-order chi connectivity index (χ1) is 11.9. The van der Waals surface area contributed by atoms with Crippen molar-refractivity contribution in [1.29, 1.82) is 0 Å². The number of rotatable bonds is 2. The number of hydrogen-bond donors (Lipinski definition) is 1. The average molecular weight is 353 g/mol. The summed E-state index contributed by atoms with van der Waals surface area (Å²) in [5.74, 6) is 1.19. The molecule has 130 valence electrons. The first-order valence-corrected chi connectivity index (χ1v) is 9.79. The fourth-order valence-electron chi connectivity index (χ4n) is 3.88. The number of thioether (sulfide) groups is 1. The molecule has 3 aromatic rings. The van der Waals surface area contributed by atoms with E-state index in [0.29, 0.717) is 11.7 Å². The van der Waals surface area contributed by atoms with Crippen LogP contribution in [0.2, 0.25) is 0 Å². The van der Waals surface area contributed by atoms with Crippen molar-refractivity contribution in [2.24, 2.45) is 0 Å². The Morgan fingerprint density at radius 2 is 2.12 bits per heavy atom. The molecule has 1 aromatic carbocycles. The molecule has 4 rings (SSSR count). The van der Waals surface area contributed by atoms with Gasteiger partial charge in [-0.15, -0.1) is 5.10 Å². The predicted molar refractivity (Wildman–Crippen MR) is 103 cm³/mol. The van der Waals surface area contributed by atoms with Gasteiger partial charge in [0.25, 0.3) is 5.78 Å². The highest BCUT2D eigenvalue weighted by Gasteiger charge is 2.30. The van der Waals surface area contributed by atoms with Gasteiger partial charge < -0.3 is 5.32 Å². The molecule has 0 spiro atoms. The van der Waals surface area contributed by atoms with E-state index in [1.54, 1.807) is 0 Å². The van der Waals surface area contributed by atoms with E-state index in [9.17, 15) is 0 Å². The summed E-state index contributed by atoms with van der Waals surface area (Å²) >= 11 is 1.53. The van der Waals surface area contributed by atoms with Crippen LogP contribution in [0.25, 0.3) is 17.0 Å². The number of nitrogens with zero attached hydrogens (tertiary/aromatic N) is 4. The number of benzene rings is 1. The second-order valence-corrected chi connectivity index (χ2v) is 8.28. The highest BCUT2D eigenvalue weighted by Crippen LogP contribution is 2.41. The van der Waals surface area contributed by atoms with E-state index < -0.39 is 0 Å². The van der Waals surface area contributed by atoms with Gasteiger partial charge in [0, 0.05) is 23.0 Å². The molecule has 25 heavy (non-hydrogen) atoms. The number of nitrogens with one attached hydrogen (secondary N) is 1. The van der Waals surface area contributed by atoms with Crippen LogP contribution in [0.5, 0.6) is 0 Å². The first-order valence-electron chi connectivity index (χ1n) is 8.57. The maximum absolute atomic E-state index is 4.59. The third-order valence-electron chi connectivity index (χ3n) is 4.90. The molecule has 0 aliphatic carbocycles. The minimum Gasteiger partial charge on any atom is -0.380 e. The van der Waals surface area contributed by atoms with Gasteiger partial charge in [-0.05, 0) is 62.6 Å². The normalized spacial score (nSPS) is 18.8. The highest BCUT2D eigenvalue weighted by molar-refractivity contribution is 7.98. The van der Waals surface area contributed by atoms with Crippen LogP contribution in [-0.4, -0.2) is 31.4 Å². The molecule has 0 fully saturated rings. The second-order valence-electron chi connectivity index (χ2n) is 7.51. The van der Waals surface area contributed by atoms with Gasteiger partial charge in [-0.25, -0.2) is 4.98 Å². The van der Waals surface area contributed by atoms with Gasteiger partial charge >= 0.3 is 0 Å². The number of aryl methyl sites for hydroxylation is 1. The van der Waals surface area contributed by atoms with E-state index in [1.165, 1.54) is 34.1 Å². The minimum absolute atomic E-state index is 0.103. The molecular weight excluding hydrogens is 330 g/mol. The summed E-state index contributed by atoms with van der Waals surface area (Å²) in [5.41, 5.74) is 6.16. The van der Waals surface area contributed by atoms with E-state index in [0.717, 1.165) is 17.3 Å². The quantitative estimate of drug-likeness (QED) is 0.687. The van der Waals surface area contributed by atoms with E-state index in [2.05, 4.69) is 60.2 Å². The van der Waals surface area contributed by atoms with Gasteiger partial charge in [0.05, 0.1) is 5.69 Å². The fraction of sp³-hybridized carbons (Fsp3) is 0.421. The van der Waals surface area contributed by atoms with Crippen molar-refractivity contribution in [2.45, 2.75) is 50.7 Å². The van der Waals surface area contributed by atoms with Crippen molar-refractivity contribution in [3.8, 4) is 11.3 Å². The van der Waals surface area contributed by atoms with Crippen LogP contribution >= 0.6 is 11.8 Å². The third kappa shape index (κ3) is 2.78. The maximum atomic E-state index is 4.59. The van der Waals surface area contributed by atoms with Gasteiger partial charge in [-0.1, -0.05) is 24.8 Å². The standard InChI is InChI=1S/C19H23N5S/c1-11-8-13-12(2)10-19(3,4)22-15(13)9-14(11)16-6-7-20-17-21-18(25-5)23-24(16)17/h6-9,12,22H,10H2,1-5H3/t12-/m1/s1. The molecule has 0 radical (unpaired) electrons. The Labute approximate surface area is 152 Å². The summed E-state index contributed by atoms with van der Waals surface area (Å²) in [5, 5.41) is 9.03. The molecular formula is C19H23N5S. The Bertz CT molecular complexity index is 960. The summed E-state index contributed by atoms with van der Waals surface area (Å²) in [6.45, 7) is 9.01. The Hall–Kier alpha value is -2.08. The molecule has 1 aliphatic rings. The molecule has 2 aromatic heterocycles. The second kappa shape index (κ2) is 5.73. The van der Waals surface area contributed by atoms with E-state index in [4.69, 9.17) is 0 Å². The van der Waals surface area contributed by atoms with Gasteiger partial charge in [0.2, 0.25) is 5.16 Å². The van der Waals surface area contributed by atoms with Gasteiger partial charge in [-0.2, -0.15) is 9.50 Å². The van der Waals surface area contributed by atoms with Crippen LogP contribution in [0.15, 0.2) is 29.6 Å². The maximum Gasteiger partial charge on any atom is 0.253 e. The van der Waals surface area contributed by atoms with Crippen LogP contribution < -0.4 is 5.32 Å². The Morgan fingerprint density at radius 1 is 1.32 bits per heavy atom. The summed E-state index contributed by atoms with van der Waals surface area (Å²) in [7, 11) is 0. The molecule has 0 bridgehead atoms. The van der Waals surface area contributed by atoms with Crippen molar-refractivity contribution in [1.82, 2.24) is 19.6 Å². The van der Waals surface area contributed by atoms with Crippen molar-refractivity contribution in [3.63, 3.8) is 0 Å².